The molecule has 0 heterocycles. The molecule has 0 aliphatic carbocycles. The van der Waals surface area contributed by atoms with Crippen molar-refractivity contribution in [2.45, 2.75) is 19.8 Å². The minimum atomic E-state index is -0.396. The number of unbranched alkanes of at least 4 members (excludes halogenated alkanes) is 1. The average Bonchev–Trinajstić information content (AvgIpc) is 2.72. The molecule has 3 N–H and O–H groups in total. The van der Waals surface area contributed by atoms with E-state index in [1.165, 1.54) is 0 Å². The van der Waals surface area contributed by atoms with E-state index in [1.807, 2.05) is 0 Å². The summed E-state index contributed by atoms with van der Waals surface area (Å²) in [6.07, 6.45) is 2.03. The van der Waals surface area contributed by atoms with Crippen LogP contribution in [0.25, 0.3) is 0 Å². The molecule has 2 aromatic rings. The first-order chi connectivity index (χ1) is 13.5. The van der Waals surface area contributed by atoms with Crippen LogP contribution in [0.1, 0.15) is 40.5 Å². The first-order valence-corrected chi connectivity index (χ1v) is 9.23. The van der Waals surface area contributed by atoms with E-state index in [4.69, 9.17) is 21.7 Å². The molecule has 2 rings (SSSR count). The molecule has 148 valence electrons. The van der Waals surface area contributed by atoms with E-state index in [0.717, 1.165) is 12.8 Å². The van der Waals surface area contributed by atoms with Gasteiger partial charge in [-0.3, -0.25) is 25.8 Å². The lowest BCUT2D eigenvalue weighted by Crippen LogP contribution is -2.48. The van der Waals surface area contributed by atoms with Gasteiger partial charge in [-0.05, 0) is 67.2 Å². The van der Waals surface area contributed by atoms with Crippen LogP contribution in [-0.2, 0) is 0 Å². The van der Waals surface area contributed by atoms with Gasteiger partial charge in [0.15, 0.2) is 5.11 Å². The fourth-order valence-corrected chi connectivity index (χ4v) is 2.32. The van der Waals surface area contributed by atoms with Crippen molar-refractivity contribution in [2.75, 3.05) is 13.7 Å². The summed E-state index contributed by atoms with van der Waals surface area (Å²) >= 11 is 5.03. The SMILES string of the molecule is CCCCOc1ccc(C(=O)NC(=S)NNC(=O)c2ccc(OC)cc2)cc1. The smallest absolute Gasteiger partial charge is 0.269 e. The minimum absolute atomic E-state index is 0.0184. The van der Waals surface area contributed by atoms with Gasteiger partial charge in [0.05, 0.1) is 13.7 Å². The Balaban J connectivity index is 1.79. The lowest BCUT2D eigenvalue weighted by molar-refractivity contribution is 0.0934. The number of thiocarbonyl (C=S) groups is 1. The molecule has 28 heavy (non-hydrogen) atoms. The first-order valence-electron chi connectivity index (χ1n) is 8.82. The highest BCUT2D eigenvalue weighted by atomic mass is 32.1. The fraction of sp³-hybridized carbons (Fsp3) is 0.250. The van der Waals surface area contributed by atoms with Gasteiger partial charge in [-0.15, -0.1) is 0 Å². The molecule has 0 spiro atoms. The Bertz CT molecular complexity index is 807. The molecule has 0 radical (unpaired) electrons. The molecule has 0 saturated heterocycles. The predicted octanol–water partition coefficient (Wildman–Crippen LogP) is 2.82. The van der Waals surface area contributed by atoms with Gasteiger partial charge < -0.3 is 9.47 Å². The van der Waals surface area contributed by atoms with Crippen LogP contribution < -0.4 is 25.6 Å². The highest BCUT2D eigenvalue weighted by molar-refractivity contribution is 7.80. The number of rotatable bonds is 7. The molecule has 0 aliphatic heterocycles. The summed E-state index contributed by atoms with van der Waals surface area (Å²) in [7, 11) is 1.55. The topological polar surface area (TPSA) is 88.7 Å². The van der Waals surface area contributed by atoms with Gasteiger partial charge in [-0.2, -0.15) is 0 Å². The minimum Gasteiger partial charge on any atom is -0.497 e. The molecule has 0 bridgehead atoms. The summed E-state index contributed by atoms with van der Waals surface area (Å²) < 4.78 is 10.6. The largest absolute Gasteiger partial charge is 0.497 e. The van der Waals surface area contributed by atoms with Crippen LogP contribution in [0, 0.1) is 0 Å². The van der Waals surface area contributed by atoms with Gasteiger partial charge in [-0.1, -0.05) is 13.3 Å². The summed E-state index contributed by atoms with van der Waals surface area (Å²) in [5.74, 6) is 0.565. The van der Waals surface area contributed by atoms with E-state index in [2.05, 4.69) is 23.1 Å². The molecule has 0 saturated carbocycles. The third-order valence-corrected chi connectivity index (χ3v) is 3.96. The van der Waals surface area contributed by atoms with Gasteiger partial charge in [0, 0.05) is 11.1 Å². The summed E-state index contributed by atoms with van der Waals surface area (Å²) in [4.78, 5) is 24.3. The van der Waals surface area contributed by atoms with Crippen molar-refractivity contribution in [1.82, 2.24) is 16.2 Å². The van der Waals surface area contributed by atoms with E-state index in [9.17, 15) is 9.59 Å². The van der Waals surface area contributed by atoms with Crippen LogP contribution in [-0.4, -0.2) is 30.6 Å². The van der Waals surface area contributed by atoms with Crippen molar-refractivity contribution < 1.29 is 19.1 Å². The Labute approximate surface area is 169 Å². The molecule has 0 atom stereocenters. The molecular weight excluding hydrogens is 378 g/mol. The molecule has 0 aromatic heterocycles. The number of hydrogen-bond acceptors (Lipinski definition) is 5. The molecule has 2 aromatic carbocycles. The molecule has 0 aliphatic rings. The second kappa shape index (κ2) is 10.9. The number of hydrogen-bond donors (Lipinski definition) is 3. The zero-order chi connectivity index (χ0) is 20.4. The van der Waals surface area contributed by atoms with Crippen LogP contribution in [0.2, 0.25) is 0 Å². The maximum atomic E-state index is 12.2. The second-order valence-corrected chi connectivity index (χ2v) is 6.23. The number of benzene rings is 2. The third-order valence-electron chi connectivity index (χ3n) is 3.75. The molecule has 2 amide bonds. The van der Waals surface area contributed by atoms with Gasteiger partial charge in [0.2, 0.25) is 0 Å². The lowest BCUT2D eigenvalue weighted by Gasteiger charge is -2.11. The van der Waals surface area contributed by atoms with Crippen LogP contribution >= 0.6 is 12.2 Å². The van der Waals surface area contributed by atoms with Crippen LogP contribution in [0.3, 0.4) is 0 Å². The summed E-state index contributed by atoms with van der Waals surface area (Å²) in [6, 6.07) is 13.3. The maximum Gasteiger partial charge on any atom is 0.269 e. The third kappa shape index (κ3) is 6.55. The molecule has 0 unspecified atom stereocenters. The van der Waals surface area contributed by atoms with Crippen LogP contribution in [0.4, 0.5) is 0 Å². The van der Waals surface area contributed by atoms with E-state index < -0.39 is 11.8 Å². The zero-order valence-corrected chi connectivity index (χ0v) is 16.6. The standard InChI is InChI=1S/C20H23N3O4S/c1-3-4-13-27-17-11-7-14(8-12-17)18(24)21-20(28)23-22-19(25)15-5-9-16(26-2)10-6-15/h5-12H,3-4,13H2,1-2H3,(H,22,25)(H2,21,23,24,28). The van der Waals surface area contributed by atoms with Crippen molar-refractivity contribution >= 4 is 29.1 Å². The number of hydrazine groups is 1. The average molecular weight is 401 g/mol. The molecule has 0 fully saturated rings. The normalized spacial score (nSPS) is 9.93. The number of ether oxygens (including phenoxy) is 2. The Hall–Kier alpha value is -3.13. The van der Waals surface area contributed by atoms with Gasteiger partial charge >= 0.3 is 0 Å². The summed E-state index contributed by atoms with van der Waals surface area (Å²) in [6.45, 7) is 2.73. The van der Waals surface area contributed by atoms with E-state index >= 15 is 0 Å². The number of carbonyl (C=O) groups is 2. The van der Waals surface area contributed by atoms with Gasteiger partial charge in [0.25, 0.3) is 11.8 Å². The van der Waals surface area contributed by atoms with Crippen molar-refractivity contribution in [1.29, 1.82) is 0 Å². The van der Waals surface area contributed by atoms with Crippen LogP contribution in [0.5, 0.6) is 11.5 Å². The zero-order valence-electron chi connectivity index (χ0n) is 15.8. The quantitative estimate of drug-likeness (QED) is 0.376. The predicted molar refractivity (Wildman–Crippen MR) is 111 cm³/mol. The van der Waals surface area contributed by atoms with Gasteiger partial charge in [0.1, 0.15) is 11.5 Å². The maximum absolute atomic E-state index is 12.2. The number of methoxy groups -OCH3 is 1. The van der Waals surface area contributed by atoms with E-state index in [-0.39, 0.29) is 5.11 Å². The Morgan fingerprint density at radius 1 is 0.893 bits per heavy atom. The summed E-state index contributed by atoms with van der Waals surface area (Å²) in [5.41, 5.74) is 5.77. The van der Waals surface area contributed by atoms with Crippen molar-refractivity contribution in [2.24, 2.45) is 0 Å². The fourth-order valence-electron chi connectivity index (χ4n) is 2.17. The molecule has 7 nitrogen and oxygen atoms in total. The highest BCUT2D eigenvalue weighted by Crippen LogP contribution is 2.13. The number of carbonyl (C=O) groups excluding carboxylic acids is 2. The monoisotopic (exact) mass is 401 g/mol. The Kier molecular flexibility index (Phi) is 8.23. The van der Waals surface area contributed by atoms with Crippen molar-refractivity contribution in [3.63, 3.8) is 0 Å². The van der Waals surface area contributed by atoms with E-state index in [1.54, 1.807) is 55.6 Å². The van der Waals surface area contributed by atoms with Crippen molar-refractivity contribution in [3.8, 4) is 11.5 Å². The number of amides is 2. The van der Waals surface area contributed by atoms with Gasteiger partial charge in [-0.25, -0.2) is 0 Å². The Morgan fingerprint density at radius 3 is 2.04 bits per heavy atom. The highest BCUT2D eigenvalue weighted by Gasteiger charge is 2.10. The van der Waals surface area contributed by atoms with E-state index in [0.29, 0.717) is 29.2 Å². The lowest BCUT2D eigenvalue weighted by atomic mass is 10.2. The molecular formula is C20H23N3O4S. The number of nitrogens with one attached hydrogen (secondary N) is 3. The summed E-state index contributed by atoms with van der Waals surface area (Å²) in [5, 5.41) is 2.48. The Morgan fingerprint density at radius 2 is 1.46 bits per heavy atom. The second-order valence-electron chi connectivity index (χ2n) is 5.82. The molecule has 8 heteroatoms. The van der Waals surface area contributed by atoms with Crippen molar-refractivity contribution in [3.05, 3.63) is 59.7 Å². The first kappa shape index (κ1) is 21.2. The van der Waals surface area contributed by atoms with Crippen LogP contribution in [0.15, 0.2) is 48.5 Å².